The van der Waals surface area contributed by atoms with Crippen molar-refractivity contribution in [1.82, 2.24) is 10.2 Å². The average molecular weight is 182 g/mol. The Morgan fingerprint density at radius 3 is 2.62 bits per heavy atom. The fourth-order valence-electron chi connectivity index (χ4n) is 1.47. The standard InChI is InChI=1S/C10H18N2O/c1-4-5-6-11-8-7-9(13)10(8)12(2)3/h11H,4-7H2,1-3H3. The maximum absolute atomic E-state index is 11.2. The van der Waals surface area contributed by atoms with E-state index >= 15 is 0 Å². The fourth-order valence-corrected chi connectivity index (χ4v) is 1.47. The molecular weight excluding hydrogens is 164 g/mol. The molecule has 0 aromatic rings. The van der Waals surface area contributed by atoms with Gasteiger partial charge in [-0.2, -0.15) is 0 Å². The van der Waals surface area contributed by atoms with Crippen LogP contribution in [0.2, 0.25) is 0 Å². The first-order valence-electron chi connectivity index (χ1n) is 4.84. The molecular formula is C10H18N2O. The number of Topliss-reactive ketones (excluding diaryl/α,β-unsaturated/α-hetero) is 1. The van der Waals surface area contributed by atoms with Crippen molar-refractivity contribution in [2.75, 3.05) is 20.6 Å². The topological polar surface area (TPSA) is 32.3 Å². The predicted molar refractivity (Wildman–Crippen MR) is 53.2 cm³/mol. The van der Waals surface area contributed by atoms with Crippen molar-refractivity contribution < 1.29 is 4.79 Å². The molecule has 1 aliphatic carbocycles. The second kappa shape index (κ2) is 4.30. The van der Waals surface area contributed by atoms with Gasteiger partial charge < -0.3 is 10.2 Å². The molecule has 1 rings (SSSR count). The molecule has 1 aliphatic rings. The summed E-state index contributed by atoms with van der Waals surface area (Å²) in [6.07, 6.45) is 2.95. The number of ketones is 1. The molecule has 13 heavy (non-hydrogen) atoms. The number of nitrogens with zero attached hydrogens (tertiary/aromatic N) is 1. The van der Waals surface area contributed by atoms with Crippen molar-refractivity contribution in [1.29, 1.82) is 0 Å². The molecule has 0 aliphatic heterocycles. The quantitative estimate of drug-likeness (QED) is 0.647. The lowest BCUT2D eigenvalue weighted by Crippen LogP contribution is -2.36. The second-order valence-electron chi connectivity index (χ2n) is 3.60. The third kappa shape index (κ3) is 2.23. The van der Waals surface area contributed by atoms with E-state index in [2.05, 4.69) is 12.2 Å². The van der Waals surface area contributed by atoms with Crippen molar-refractivity contribution in [2.24, 2.45) is 0 Å². The summed E-state index contributed by atoms with van der Waals surface area (Å²) in [6.45, 7) is 3.14. The molecule has 0 aromatic carbocycles. The van der Waals surface area contributed by atoms with Crippen molar-refractivity contribution in [2.45, 2.75) is 26.2 Å². The van der Waals surface area contributed by atoms with E-state index in [0.717, 1.165) is 17.9 Å². The van der Waals surface area contributed by atoms with Gasteiger partial charge in [-0.25, -0.2) is 0 Å². The minimum absolute atomic E-state index is 0.254. The zero-order valence-corrected chi connectivity index (χ0v) is 8.68. The lowest BCUT2D eigenvalue weighted by Gasteiger charge is -2.28. The molecule has 0 bridgehead atoms. The Kier molecular flexibility index (Phi) is 3.34. The summed E-state index contributed by atoms with van der Waals surface area (Å²) in [5.74, 6) is 0.254. The van der Waals surface area contributed by atoms with E-state index in [4.69, 9.17) is 0 Å². The lowest BCUT2D eigenvalue weighted by atomic mass is 9.98. The molecule has 0 saturated carbocycles. The number of carbonyl (C=O) groups excluding carboxylic acids is 1. The van der Waals surface area contributed by atoms with E-state index in [-0.39, 0.29) is 5.78 Å². The highest BCUT2D eigenvalue weighted by atomic mass is 16.1. The summed E-state index contributed by atoms with van der Waals surface area (Å²) in [5.41, 5.74) is 1.97. The van der Waals surface area contributed by atoms with Crippen molar-refractivity contribution in [3.8, 4) is 0 Å². The van der Waals surface area contributed by atoms with Crippen LogP contribution in [-0.2, 0) is 4.79 Å². The van der Waals surface area contributed by atoms with E-state index in [9.17, 15) is 4.79 Å². The fraction of sp³-hybridized carbons (Fsp3) is 0.700. The maximum Gasteiger partial charge on any atom is 0.186 e. The molecule has 0 radical (unpaired) electrons. The molecule has 0 atom stereocenters. The molecule has 3 heteroatoms. The minimum Gasteiger partial charge on any atom is -0.386 e. The largest absolute Gasteiger partial charge is 0.386 e. The van der Waals surface area contributed by atoms with E-state index in [0.29, 0.717) is 6.42 Å². The molecule has 0 amide bonds. The normalized spacial score (nSPS) is 15.8. The first kappa shape index (κ1) is 10.1. The van der Waals surface area contributed by atoms with Gasteiger partial charge in [0.05, 0.1) is 12.1 Å². The minimum atomic E-state index is 0.254. The van der Waals surface area contributed by atoms with Crippen molar-refractivity contribution in [3.63, 3.8) is 0 Å². The SMILES string of the molecule is CCCCNC1=C(N(C)C)C(=O)C1. The Hall–Kier alpha value is -0.990. The van der Waals surface area contributed by atoms with E-state index < -0.39 is 0 Å². The van der Waals surface area contributed by atoms with Crippen LogP contribution in [0, 0.1) is 0 Å². The van der Waals surface area contributed by atoms with Crippen LogP contribution in [0.5, 0.6) is 0 Å². The highest BCUT2D eigenvalue weighted by Crippen LogP contribution is 2.22. The van der Waals surface area contributed by atoms with Gasteiger partial charge in [-0.05, 0) is 6.42 Å². The van der Waals surface area contributed by atoms with Crippen molar-refractivity contribution >= 4 is 5.78 Å². The van der Waals surface area contributed by atoms with Crippen LogP contribution in [0.3, 0.4) is 0 Å². The zero-order chi connectivity index (χ0) is 9.84. The number of hydrogen-bond donors (Lipinski definition) is 1. The Labute approximate surface area is 79.8 Å². The molecule has 0 unspecified atom stereocenters. The monoisotopic (exact) mass is 182 g/mol. The number of nitrogens with one attached hydrogen (secondary N) is 1. The van der Waals surface area contributed by atoms with Gasteiger partial charge in [0.2, 0.25) is 0 Å². The Bertz CT molecular complexity index is 231. The highest BCUT2D eigenvalue weighted by Gasteiger charge is 2.28. The maximum atomic E-state index is 11.2. The molecule has 0 spiro atoms. The molecule has 74 valence electrons. The van der Waals surface area contributed by atoms with Gasteiger partial charge >= 0.3 is 0 Å². The number of likely N-dealkylation sites (N-methyl/N-ethyl adjacent to an activating group) is 1. The van der Waals surface area contributed by atoms with Crippen molar-refractivity contribution in [3.05, 3.63) is 11.4 Å². The van der Waals surface area contributed by atoms with Crippen LogP contribution in [0.25, 0.3) is 0 Å². The zero-order valence-electron chi connectivity index (χ0n) is 8.68. The van der Waals surface area contributed by atoms with Crippen LogP contribution in [-0.4, -0.2) is 31.3 Å². The molecule has 3 nitrogen and oxygen atoms in total. The van der Waals surface area contributed by atoms with E-state index in [1.165, 1.54) is 12.8 Å². The average Bonchev–Trinajstić information content (AvgIpc) is 2.01. The first-order chi connectivity index (χ1) is 6.16. The Morgan fingerprint density at radius 2 is 2.15 bits per heavy atom. The predicted octanol–water partition coefficient (Wildman–Crippen LogP) is 1.12. The van der Waals surface area contributed by atoms with Gasteiger partial charge in [-0.1, -0.05) is 13.3 Å². The van der Waals surface area contributed by atoms with Gasteiger partial charge in [0.25, 0.3) is 0 Å². The van der Waals surface area contributed by atoms with Gasteiger partial charge in [-0.3, -0.25) is 4.79 Å². The third-order valence-electron chi connectivity index (χ3n) is 2.20. The molecule has 0 heterocycles. The van der Waals surface area contributed by atoms with Crippen LogP contribution in [0.1, 0.15) is 26.2 Å². The lowest BCUT2D eigenvalue weighted by molar-refractivity contribution is -0.118. The highest BCUT2D eigenvalue weighted by molar-refractivity contribution is 6.03. The van der Waals surface area contributed by atoms with Crippen LogP contribution in [0.4, 0.5) is 0 Å². The van der Waals surface area contributed by atoms with Gasteiger partial charge in [0.1, 0.15) is 0 Å². The summed E-state index contributed by atoms with van der Waals surface area (Å²) in [6, 6.07) is 0. The summed E-state index contributed by atoms with van der Waals surface area (Å²) in [5, 5.41) is 3.30. The van der Waals surface area contributed by atoms with E-state index in [1.54, 1.807) is 0 Å². The number of unbranched alkanes of at least 4 members (excludes halogenated alkanes) is 1. The second-order valence-corrected chi connectivity index (χ2v) is 3.60. The number of rotatable bonds is 5. The molecule has 1 N–H and O–H groups in total. The van der Waals surface area contributed by atoms with E-state index in [1.807, 2.05) is 19.0 Å². The number of allylic oxidation sites excluding steroid dienone is 2. The Morgan fingerprint density at radius 1 is 1.46 bits per heavy atom. The molecule has 0 aromatic heterocycles. The Balaban J connectivity index is 2.45. The smallest absolute Gasteiger partial charge is 0.186 e. The van der Waals surface area contributed by atoms with Gasteiger partial charge in [0.15, 0.2) is 5.78 Å². The van der Waals surface area contributed by atoms with Gasteiger partial charge in [0, 0.05) is 26.3 Å². The molecule has 0 saturated heterocycles. The first-order valence-corrected chi connectivity index (χ1v) is 4.84. The van der Waals surface area contributed by atoms with Gasteiger partial charge in [-0.15, -0.1) is 0 Å². The number of hydrogen-bond acceptors (Lipinski definition) is 3. The molecule has 0 fully saturated rings. The van der Waals surface area contributed by atoms with Crippen LogP contribution in [0.15, 0.2) is 11.4 Å². The number of carbonyl (C=O) groups is 1. The van der Waals surface area contributed by atoms with Crippen LogP contribution < -0.4 is 5.32 Å². The summed E-state index contributed by atoms with van der Waals surface area (Å²) in [7, 11) is 3.82. The van der Waals surface area contributed by atoms with Crippen LogP contribution >= 0.6 is 0 Å². The summed E-state index contributed by atoms with van der Waals surface area (Å²) in [4.78, 5) is 13.1. The summed E-state index contributed by atoms with van der Waals surface area (Å²) >= 11 is 0. The third-order valence-corrected chi connectivity index (χ3v) is 2.20. The summed E-state index contributed by atoms with van der Waals surface area (Å²) < 4.78 is 0.